The zero-order valence-electron chi connectivity index (χ0n) is 17.6. The second kappa shape index (κ2) is 10.9. The molecule has 0 aliphatic heterocycles. The number of hydrogen-bond donors (Lipinski definition) is 2. The van der Waals surface area contributed by atoms with Gasteiger partial charge in [-0.25, -0.2) is 4.98 Å². The predicted octanol–water partition coefficient (Wildman–Crippen LogP) is 4.52. The maximum absolute atomic E-state index is 12.0. The Balaban J connectivity index is 1.40. The first-order chi connectivity index (χ1) is 14.1. The smallest absolute Gasteiger partial charge is 0.231 e. The van der Waals surface area contributed by atoms with Gasteiger partial charge in [-0.15, -0.1) is 0 Å². The van der Waals surface area contributed by atoms with Gasteiger partial charge < -0.3 is 10.2 Å². The molecule has 0 radical (unpaired) electrons. The van der Waals surface area contributed by atoms with Gasteiger partial charge in [0.2, 0.25) is 5.91 Å². The van der Waals surface area contributed by atoms with E-state index >= 15 is 0 Å². The number of nitrogens with zero attached hydrogens (tertiary/aromatic N) is 2. The van der Waals surface area contributed by atoms with Crippen molar-refractivity contribution >= 4 is 5.91 Å². The van der Waals surface area contributed by atoms with Gasteiger partial charge in [0.1, 0.15) is 6.33 Å². The molecule has 1 aromatic rings. The third-order valence-electron chi connectivity index (χ3n) is 6.54. The third-order valence-corrected chi connectivity index (χ3v) is 6.54. The van der Waals surface area contributed by atoms with Crippen LogP contribution in [-0.2, 0) is 0 Å². The van der Waals surface area contributed by atoms with Crippen molar-refractivity contribution in [1.82, 2.24) is 9.55 Å². The molecule has 2 aliphatic rings. The molecule has 160 valence electrons. The van der Waals surface area contributed by atoms with Crippen molar-refractivity contribution in [1.29, 1.82) is 0 Å². The summed E-state index contributed by atoms with van der Waals surface area (Å²) in [6.07, 6.45) is 20.1. The topological polar surface area (TPSA) is 75.3 Å². The average molecular weight is 401 g/mol. The maximum atomic E-state index is 12.0. The van der Waals surface area contributed by atoms with Gasteiger partial charge in [0.25, 0.3) is 0 Å². The Kier molecular flexibility index (Phi) is 8.25. The van der Waals surface area contributed by atoms with Crippen LogP contribution in [0.2, 0.25) is 0 Å². The molecule has 5 nitrogen and oxygen atoms in total. The molecule has 0 aromatic carbocycles. The molecule has 1 aromatic heterocycles. The Bertz CT molecular complexity index is 695. The van der Waals surface area contributed by atoms with Crippen molar-refractivity contribution in [2.45, 2.75) is 83.3 Å². The number of aliphatic hydroxyl groups excluding tert-OH is 2. The highest BCUT2D eigenvalue weighted by molar-refractivity contribution is 5.78. The van der Waals surface area contributed by atoms with E-state index in [9.17, 15) is 15.0 Å². The monoisotopic (exact) mass is 400 g/mol. The molecule has 2 aliphatic carbocycles. The first-order valence-corrected chi connectivity index (χ1v) is 11.3. The van der Waals surface area contributed by atoms with Crippen LogP contribution < -0.4 is 0 Å². The molecule has 3 rings (SSSR count). The van der Waals surface area contributed by atoms with E-state index in [1.54, 1.807) is 23.3 Å². The van der Waals surface area contributed by atoms with Crippen LogP contribution in [0.25, 0.3) is 0 Å². The highest BCUT2D eigenvalue weighted by Crippen LogP contribution is 2.48. The van der Waals surface area contributed by atoms with Crippen molar-refractivity contribution < 1.29 is 15.0 Å². The summed E-state index contributed by atoms with van der Waals surface area (Å²) >= 11 is 0. The SMILES string of the molecule is CCCCC[C@H](O)/C=C/C1[C@H]2CC(CCCCC(=O)n3ccnc3)=CC2C[C@H]1O. The lowest BCUT2D eigenvalue weighted by molar-refractivity contribution is 0.0899. The lowest BCUT2D eigenvalue weighted by atomic mass is 9.88. The minimum Gasteiger partial charge on any atom is -0.392 e. The van der Waals surface area contributed by atoms with Crippen molar-refractivity contribution in [3.05, 3.63) is 42.5 Å². The number of hydrogen-bond acceptors (Lipinski definition) is 4. The first kappa shape index (κ1) is 22.0. The summed E-state index contributed by atoms with van der Waals surface area (Å²) in [5.41, 5.74) is 1.48. The standard InChI is InChI=1S/C24H36N2O3/c1-2-3-4-8-20(27)10-11-21-22-15-18(14-19(22)16-23(21)28)7-5-6-9-24(29)26-13-12-25-17-26/h10-14,17,19-23,27-28H,2-9,15-16H2,1H3/b11-10+/t19?,20-,21?,22-,23+/m0/s1. The molecular weight excluding hydrogens is 364 g/mol. The van der Waals surface area contributed by atoms with E-state index in [0.717, 1.165) is 57.8 Å². The highest BCUT2D eigenvalue weighted by atomic mass is 16.3. The Hall–Kier alpha value is -1.72. The molecule has 0 amide bonds. The summed E-state index contributed by atoms with van der Waals surface area (Å²) in [7, 11) is 0. The van der Waals surface area contributed by atoms with E-state index in [2.05, 4.69) is 24.1 Å². The summed E-state index contributed by atoms with van der Waals surface area (Å²) in [6.45, 7) is 2.17. The fourth-order valence-corrected chi connectivity index (χ4v) is 4.91. The normalized spacial score (nSPS) is 27.3. The largest absolute Gasteiger partial charge is 0.392 e. The molecule has 29 heavy (non-hydrogen) atoms. The van der Waals surface area contributed by atoms with Gasteiger partial charge in [0.15, 0.2) is 0 Å². The van der Waals surface area contributed by atoms with E-state index in [4.69, 9.17) is 0 Å². The van der Waals surface area contributed by atoms with Crippen LogP contribution >= 0.6 is 0 Å². The quantitative estimate of drug-likeness (QED) is 0.423. The summed E-state index contributed by atoms with van der Waals surface area (Å²) in [5, 5.41) is 20.6. The molecule has 2 N–H and O–H groups in total. The van der Waals surface area contributed by atoms with Crippen LogP contribution in [-0.4, -0.2) is 37.9 Å². The van der Waals surface area contributed by atoms with Gasteiger partial charge in [-0.05, 0) is 50.4 Å². The lowest BCUT2D eigenvalue weighted by Crippen LogP contribution is -2.18. The summed E-state index contributed by atoms with van der Waals surface area (Å²) in [6, 6.07) is 0. The minimum absolute atomic E-state index is 0.102. The lowest BCUT2D eigenvalue weighted by Gasteiger charge is -2.19. The Morgan fingerprint density at radius 3 is 2.97 bits per heavy atom. The molecule has 5 atom stereocenters. The van der Waals surface area contributed by atoms with E-state index in [1.165, 1.54) is 5.57 Å². The van der Waals surface area contributed by atoms with Crippen LogP contribution in [0.3, 0.4) is 0 Å². The van der Waals surface area contributed by atoms with Crippen LogP contribution in [0.5, 0.6) is 0 Å². The van der Waals surface area contributed by atoms with Gasteiger partial charge in [0.05, 0.1) is 12.2 Å². The number of aliphatic hydroxyl groups is 2. The van der Waals surface area contributed by atoms with Crippen LogP contribution in [0.1, 0.15) is 75.9 Å². The Labute approximate surface area is 174 Å². The number of rotatable bonds is 11. The number of carbonyl (C=O) groups excluding carboxylic acids is 1. The predicted molar refractivity (Wildman–Crippen MR) is 114 cm³/mol. The molecule has 0 bridgehead atoms. The van der Waals surface area contributed by atoms with E-state index in [-0.39, 0.29) is 17.9 Å². The van der Waals surface area contributed by atoms with E-state index < -0.39 is 6.10 Å². The number of unbranched alkanes of at least 4 members (excludes halogenated alkanes) is 3. The summed E-state index contributed by atoms with van der Waals surface area (Å²) in [5.74, 6) is 1.18. The first-order valence-electron chi connectivity index (χ1n) is 11.3. The minimum atomic E-state index is -0.394. The second-order valence-corrected chi connectivity index (χ2v) is 8.76. The van der Waals surface area contributed by atoms with E-state index in [0.29, 0.717) is 18.3 Å². The molecule has 1 saturated carbocycles. The zero-order valence-corrected chi connectivity index (χ0v) is 17.6. The van der Waals surface area contributed by atoms with Gasteiger partial charge in [-0.2, -0.15) is 0 Å². The maximum Gasteiger partial charge on any atom is 0.231 e. The molecular formula is C24H36N2O3. The van der Waals surface area contributed by atoms with Crippen molar-refractivity contribution in [2.75, 3.05) is 0 Å². The van der Waals surface area contributed by atoms with Crippen LogP contribution in [0.4, 0.5) is 0 Å². The summed E-state index contributed by atoms with van der Waals surface area (Å²) < 4.78 is 1.55. The Morgan fingerprint density at radius 1 is 1.34 bits per heavy atom. The molecule has 0 saturated heterocycles. The van der Waals surface area contributed by atoms with Gasteiger partial charge in [-0.3, -0.25) is 9.36 Å². The van der Waals surface area contributed by atoms with E-state index in [1.807, 2.05) is 6.08 Å². The second-order valence-electron chi connectivity index (χ2n) is 8.76. The summed E-state index contributed by atoms with van der Waals surface area (Å²) in [4.78, 5) is 15.9. The average Bonchev–Trinajstić information content (AvgIpc) is 3.41. The van der Waals surface area contributed by atoms with Gasteiger partial charge in [-0.1, -0.05) is 50.0 Å². The molecule has 5 heteroatoms. The highest BCUT2D eigenvalue weighted by Gasteiger charge is 2.43. The Morgan fingerprint density at radius 2 is 2.21 bits per heavy atom. The zero-order chi connectivity index (χ0) is 20.6. The van der Waals surface area contributed by atoms with Crippen molar-refractivity contribution in [2.24, 2.45) is 17.8 Å². The molecule has 0 spiro atoms. The fourth-order valence-electron chi connectivity index (χ4n) is 4.91. The number of fused-ring (bicyclic) bond motifs is 1. The van der Waals surface area contributed by atoms with Crippen molar-refractivity contribution in [3.8, 4) is 0 Å². The number of allylic oxidation sites excluding steroid dienone is 2. The van der Waals surface area contributed by atoms with Crippen LogP contribution in [0, 0.1) is 17.8 Å². The number of aromatic nitrogens is 2. The number of carbonyl (C=O) groups is 1. The molecule has 2 unspecified atom stereocenters. The third kappa shape index (κ3) is 6.13. The number of imidazole rings is 1. The fraction of sp³-hybridized carbons (Fsp3) is 0.667. The van der Waals surface area contributed by atoms with Crippen LogP contribution in [0.15, 0.2) is 42.5 Å². The van der Waals surface area contributed by atoms with Gasteiger partial charge >= 0.3 is 0 Å². The molecule has 1 fully saturated rings. The van der Waals surface area contributed by atoms with Crippen molar-refractivity contribution in [3.63, 3.8) is 0 Å². The molecule has 1 heterocycles. The van der Waals surface area contributed by atoms with Gasteiger partial charge in [0, 0.05) is 24.7 Å².